The van der Waals surface area contributed by atoms with Crippen molar-refractivity contribution in [3.05, 3.63) is 70.1 Å². The maximum atomic E-state index is 11.7. The minimum absolute atomic E-state index is 0.118. The number of likely N-dealkylation sites (tertiary alicyclic amines) is 1. The lowest BCUT2D eigenvalue weighted by Crippen LogP contribution is -2.34. The fourth-order valence-corrected chi connectivity index (χ4v) is 5.80. The van der Waals surface area contributed by atoms with Crippen LogP contribution in [0.2, 0.25) is 0 Å². The van der Waals surface area contributed by atoms with Crippen LogP contribution in [-0.2, 0) is 6.42 Å². The molecule has 0 amide bonds. The van der Waals surface area contributed by atoms with E-state index in [4.69, 9.17) is 4.74 Å². The van der Waals surface area contributed by atoms with E-state index in [0.29, 0.717) is 12.5 Å². The number of carbonyl (C=O) groups is 1. The number of rotatable bonds is 7. The standard InChI is InChI=1S/C27H29NO2S/c1-19(29)27-18-24-25(7-3-8-26(24)31-27)30-16-4-13-28-14-11-21(12-15-28)23-10-9-20-5-2-6-22(20)17-23/h2-3,5,7-10,17-18,21H,4,6,11-16H2,1H3. The van der Waals surface area contributed by atoms with Crippen LogP contribution >= 0.6 is 11.3 Å². The number of hydrogen-bond donors (Lipinski definition) is 0. The molecule has 0 radical (unpaired) electrons. The van der Waals surface area contributed by atoms with E-state index in [1.807, 2.05) is 18.2 Å². The van der Waals surface area contributed by atoms with E-state index in [2.05, 4.69) is 41.3 Å². The van der Waals surface area contributed by atoms with Crippen LogP contribution in [0, 0.1) is 0 Å². The topological polar surface area (TPSA) is 29.5 Å². The molecule has 160 valence electrons. The Morgan fingerprint density at radius 1 is 1.16 bits per heavy atom. The van der Waals surface area contributed by atoms with Gasteiger partial charge in [-0.3, -0.25) is 4.79 Å². The highest BCUT2D eigenvalue weighted by molar-refractivity contribution is 7.20. The maximum absolute atomic E-state index is 11.7. The van der Waals surface area contributed by atoms with Crippen LogP contribution in [0.4, 0.5) is 0 Å². The van der Waals surface area contributed by atoms with Crippen molar-refractivity contribution in [1.82, 2.24) is 4.90 Å². The third kappa shape index (κ3) is 4.46. The van der Waals surface area contributed by atoms with E-state index in [0.717, 1.165) is 40.1 Å². The average molecular weight is 432 g/mol. The first kappa shape index (κ1) is 20.5. The van der Waals surface area contributed by atoms with E-state index < -0.39 is 0 Å². The molecule has 0 unspecified atom stereocenters. The lowest BCUT2D eigenvalue weighted by atomic mass is 9.88. The molecule has 2 aromatic carbocycles. The molecule has 0 N–H and O–H groups in total. The smallest absolute Gasteiger partial charge is 0.169 e. The fourth-order valence-electron chi connectivity index (χ4n) is 4.83. The van der Waals surface area contributed by atoms with Crippen LogP contribution in [0.1, 0.15) is 58.5 Å². The monoisotopic (exact) mass is 431 g/mol. The van der Waals surface area contributed by atoms with Crippen molar-refractivity contribution in [3.63, 3.8) is 0 Å². The molecule has 5 rings (SSSR count). The minimum atomic E-state index is 0.118. The third-order valence-electron chi connectivity index (χ3n) is 6.61. The number of thiophene rings is 1. The van der Waals surface area contributed by atoms with Crippen molar-refractivity contribution in [2.45, 2.75) is 38.5 Å². The first-order valence-corrected chi connectivity index (χ1v) is 12.2. The summed E-state index contributed by atoms with van der Waals surface area (Å²) in [5, 5.41) is 1.06. The van der Waals surface area contributed by atoms with Gasteiger partial charge in [0, 0.05) is 16.6 Å². The minimum Gasteiger partial charge on any atom is -0.493 e. The largest absolute Gasteiger partial charge is 0.493 e. The molecule has 0 spiro atoms. The van der Waals surface area contributed by atoms with Crippen LogP contribution in [-0.4, -0.2) is 36.9 Å². The van der Waals surface area contributed by atoms with Gasteiger partial charge in [0.05, 0.1) is 11.5 Å². The van der Waals surface area contributed by atoms with E-state index >= 15 is 0 Å². The predicted molar refractivity (Wildman–Crippen MR) is 130 cm³/mol. The van der Waals surface area contributed by atoms with Gasteiger partial charge in [-0.25, -0.2) is 0 Å². The van der Waals surface area contributed by atoms with Gasteiger partial charge in [-0.15, -0.1) is 11.3 Å². The molecule has 1 aliphatic heterocycles. The SMILES string of the molecule is CC(=O)c1cc2c(OCCCN3CCC(c4ccc5c(c4)CC=C5)CC3)cccc2s1. The molecule has 0 saturated carbocycles. The van der Waals surface area contributed by atoms with Crippen molar-refractivity contribution < 1.29 is 9.53 Å². The Morgan fingerprint density at radius 3 is 2.87 bits per heavy atom. The first-order valence-electron chi connectivity index (χ1n) is 11.4. The van der Waals surface area contributed by atoms with Crippen LogP contribution in [0.3, 0.4) is 0 Å². The first-order chi connectivity index (χ1) is 15.2. The van der Waals surface area contributed by atoms with E-state index in [1.165, 1.54) is 42.6 Å². The zero-order valence-electron chi connectivity index (χ0n) is 18.1. The molecule has 3 nitrogen and oxygen atoms in total. The van der Waals surface area contributed by atoms with Crippen molar-refractivity contribution in [1.29, 1.82) is 0 Å². The van der Waals surface area contributed by atoms with E-state index in [-0.39, 0.29) is 5.78 Å². The van der Waals surface area contributed by atoms with Gasteiger partial charge >= 0.3 is 0 Å². The summed E-state index contributed by atoms with van der Waals surface area (Å²) in [5.41, 5.74) is 4.42. The lowest BCUT2D eigenvalue weighted by Gasteiger charge is -2.32. The van der Waals surface area contributed by atoms with Gasteiger partial charge in [0.25, 0.3) is 0 Å². The maximum Gasteiger partial charge on any atom is 0.169 e. The third-order valence-corrected chi connectivity index (χ3v) is 7.81. The summed E-state index contributed by atoms with van der Waals surface area (Å²) in [6.07, 6.45) is 9.11. The second-order valence-corrected chi connectivity index (χ2v) is 9.80. The summed E-state index contributed by atoms with van der Waals surface area (Å²) < 4.78 is 7.22. The van der Waals surface area contributed by atoms with Crippen LogP contribution < -0.4 is 4.74 Å². The average Bonchev–Trinajstić information content (AvgIpc) is 3.44. The molecule has 0 bridgehead atoms. The molecule has 2 heterocycles. The van der Waals surface area contributed by atoms with E-state index in [1.54, 1.807) is 18.3 Å². The predicted octanol–water partition coefficient (Wildman–Crippen LogP) is 6.32. The highest BCUT2D eigenvalue weighted by atomic mass is 32.1. The van der Waals surface area contributed by atoms with Crippen molar-refractivity contribution in [3.8, 4) is 5.75 Å². The summed E-state index contributed by atoms with van der Waals surface area (Å²) in [6, 6.07) is 15.1. The van der Waals surface area contributed by atoms with Crippen molar-refractivity contribution in [2.24, 2.45) is 0 Å². The zero-order valence-corrected chi connectivity index (χ0v) is 18.9. The van der Waals surface area contributed by atoms with E-state index in [9.17, 15) is 4.79 Å². The molecule has 3 aromatic rings. The van der Waals surface area contributed by atoms with Gasteiger partial charge in [-0.1, -0.05) is 36.4 Å². The number of piperidine rings is 1. The summed E-state index contributed by atoms with van der Waals surface area (Å²) in [5.74, 6) is 1.71. The number of fused-ring (bicyclic) bond motifs is 2. The van der Waals surface area contributed by atoms with Gasteiger partial charge < -0.3 is 9.64 Å². The quantitative estimate of drug-likeness (QED) is 0.324. The number of allylic oxidation sites excluding steroid dienone is 1. The van der Waals surface area contributed by atoms with Gasteiger partial charge in [-0.2, -0.15) is 0 Å². The number of carbonyl (C=O) groups excluding carboxylic acids is 1. The number of nitrogens with zero attached hydrogens (tertiary/aromatic N) is 1. The number of ketones is 1. The van der Waals surface area contributed by atoms with Gasteiger partial charge in [0.1, 0.15) is 5.75 Å². The molecule has 0 atom stereocenters. The number of ether oxygens (including phenoxy) is 1. The highest BCUT2D eigenvalue weighted by Crippen LogP contribution is 2.34. The molecule has 1 aliphatic carbocycles. The Kier molecular flexibility index (Phi) is 5.93. The van der Waals surface area contributed by atoms with Crippen LogP contribution in [0.15, 0.2) is 48.5 Å². The summed E-state index contributed by atoms with van der Waals surface area (Å²) >= 11 is 1.54. The molecule has 1 aromatic heterocycles. The summed E-state index contributed by atoms with van der Waals surface area (Å²) in [7, 11) is 0. The lowest BCUT2D eigenvalue weighted by molar-refractivity contribution is 0.102. The highest BCUT2D eigenvalue weighted by Gasteiger charge is 2.21. The van der Waals surface area contributed by atoms with Crippen LogP contribution in [0.5, 0.6) is 5.75 Å². The molecule has 1 saturated heterocycles. The second-order valence-electron chi connectivity index (χ2n) is 8.72. The number of benzene rings is 2. The normalized spacial score (nSPS) is 16.7. The Labute approximate surface area is 188 Å². The molecular formula is C27H29NO2S. The molecular weight excluding hydrogens is 402 g/mol. The molecule has 4 heteroatoms. The van der Waals surface area contributed by atoms with Crippen LogP contribution in [0.25, 0.3) is 16.2 Å². The van der Waals surface area contributed by atoms with Gasteiger partial charge in [0.15, 0.2) is 5.78 Å². The Hall–Kier alpha value is -2.43. The summed E-state index contributed by atoms with van der Waals surface area (Å²) in [4.78, 5) is 15.1. The number of hydrogen-bond acceptors (Lipinski definition) is 4. The summed E-state index contributed by atoms with van der Waals surface area (Å²) in [6.45, 7) is 5.75. The molecule has 1 fully saturated rings. The second kappa shape index (κ2) is 8.97. The van der Waals surface area contributed by atoms with Gasteiger partial charge in [0.2, 0.25) is 0 Å². The van der Waals surface area contributed by atoms with Crippen molar-refractivity contribution >= 4 is 33.3 Å². The fraction of sp³-hybridized carbons (Fsp3) is 0.370. The molecule has 2 aliphatic rings. The Morgan fingerprint density at radius 2 is 2.03 bits per heavy atom. The van der Waals surface area contributed by atoms with Crippen molar-refractivity contribution in [2.75, 3.05) is 26.2 Å². The molecule has 31 heavy (non-hydrogen) atoms. The number of Topliss-reactive ketones (excluding diaryl/α,β-unsaturated/α-hetero) is 1. The Bertz CT molecular complexity index is 1120. The zero-order chi connectivity index (χ0) is 21.2. The van der Waals surface area contributed by atoms with Gasteiger partial charge in [-0.05, 0) is 86.5 Å². The Balaban J connectivity index is 1.09.